The average molecular weight is 369 g/mol. The van der Waals surface area contributed by atoms with E-state index >= 15 is 0 Å². The molecule has 0 bridgehead atoms. The Balaban J connectivity index is 1.74. The molecule has 0 aromatic heterocycles. The molecule has 6 nitrogen and oxygen atoms in total. The smallest absolute Gasteiger partial charge is 0.303 e. The standard InChI is InChI=1S/C21H23NO5/c1-15-4-6-16(7-5-15)19(23)12-13-20(24)22-17-8-10-18(11-9-17)27-14-2-3-21(25)26/h4-11H,2-3,12-14H2,1H3,(H,22,24)(H,25,26). The minimum atomic E-state index is -0.850. The second-order valence-electron chi connectivity index (χ2n) is 6.21. The van der Waals surface area contributed by atoms with Crippen LogP contribution < -0.4 is 10.1 Å². The van der Waals surface area contributed by atoms with Crippen LogP contribution in [0, 0.1) is 6.92 Å². The van der Waals surface area contributed by atoms with Gasteiger partial charge >= 0.3 is 5.97 Å². The molecule has 2 N–H and O–H groups in total. The van der Waals surface area contributed by atoms with Crippen LogP contribution in [0.3, 0.4) is 0 Å². The van der Waals surface area contributed by atoms with E-state index in [-0.39, 0.29) is 31.0 Å². The first kappa shape index (κ1) is 20.2. The van der Waals surface area contributed by atoms with Crippen LogP contribution in [0.1, 0.15) is 41.6 Å². The Morgan fingerprint density at radius 3 is 2.22 bits per heavy atom. The van der Waals surface area contributed by atoms with Gasteiger partial charge in [0.15, 0.2) is 5.78 Å². The second kappa shape index (κ2) is 10.1. The first-order valence-electron chi connectivity index (χ1n) is 8.78. The van der Waals surface area contributed by atoms with Gasteiger partial charge in [0.1, 0.15) is 5.75 Å². The summed E-state index contributed by atoms with van der Waals surface area (Å²) >= 11 is 0. The van der Waals surface area contributed by atoms with E-state index in [0.29, 0.717) is 30.0 Å². The van der Waals surface area contributed by atoms with Crippen molar-refractivity contribution < 1.29 is 24.2 Å². The van der Waals surface area contributed by atoms with Gasteiger partial charge in [0.25, 0.3) is 0 Å². The number of hydrogen-bond donors (Lipinski definition) is 2. The van der Waals surface area contributed by atoms with Crippen molar-refractivity contribution in [3.8, 4) is 5.75 Å². The fourth-order valence-corrected chi connectivity index (χ4v) is 2.38. The number of hydrogen-bond acceptors (Lipinski definition) is 4. The lowest BCUT2D eigenvalue weighted by molar-refractivity contribution is -0.137. The summed E-state index contributed by atoms with van der Waals surface area (Å²) in [4.78, 5) is 34.5. The Kier molecular flexibility index (Phi) is 7.55. The number of carbonyl (C=O) groups excluding carboxylic acids is 2. The number of carbonyl (C=O) groups is 3. The number of anilines is 1. The van der Waals surface area contributed by atoms with E-state index in [0.717, 1.165) is 5.56 Å². The summed E-state index contributed by atoms with van der Waals surface area (Å²) in [7, 11) is 0. The van der Waals surface area contributed by atoms with Crippen LogP contribution in [0.5, 0.6) is 5.75 Å². The Hall–Kier alpha value is -3.15. The molecule has 0 unspecified atom stereocenters. The number of aliphatic carboxylic acids is 1. The predicted molar refractivity (Wildman–Crippen MR) is 102 cm³/mol. The van der Waals surface area contributed by atoms with Crippen molar-refractivity contribution in [3.63, 3.8) is 0 Å². The molecule has 2 aromatic rings. The number of ketones is 1. The first-order valence-corrected chi connectivity index (χ1v) is 8.78. The van der Waals surface area contributed by atoms with Gasteiger partial charge in [-0.1, -0.05) is 29.8 Å². The van der Waals surface area contributed by atoms with Crippen molar-refractivity contribution in [2.45, 2.75) is 32.6 Å². The molecule has 0 heterocycles. The number of aryl methyl sites for hydroxylation is 1. The van der Waals surface area contributed by atoms with E-state index in [1.54, 1.807) is 36.4 Å². The van der Waals surface area contributed by atoms with Gasteiger partial charge in [-0.2, -0.15) is 0 Å². The normalized spacial score (nSPS) is 10.3. The van der Waals surface area contributed by atoms with E-state index in [1.807, 2.05) is 19.1 Å². The third-order valence-electron chi connectivity index (χ3n) is 3.89. The minimum absolute atomic E-state index is 0.0599. The van der Waals surface area contributed by atoms with Crippen LogP contribution in [-0.2, 0) is 9.59 Å². The predicted octanol–water partition coefficient (Wildman–Crippen LogP) is 3.84. The first-order chi connectivity index (χ1) is 12.9. The van der Waals surface area contributed by atoms with Crippen LogP contribution in [0.2, 0.25) is 0 Å². The third kappa shape index (κ3) is 7.32. The van der Waals surface area contributed by atoms with E-state index in [9.17, 15) is 14.4 Å². The Morgan fingerprint density at radius 1 is 0.926 bits per heavy atom. The van der Waals surface area contributed by atoms with Gasteiger partial charge in [-0.15, -0.1) is 0 Å². The lowest BCUT2D eigenvalue weighted by Crippen LogP contribution is -2.13. The van der Waals surface area contributed by atoms with Crippen LogP contribution >= 0.6 is 0 Å². The topological polar surface area (TPSA) is 92.7 Å². The zero-order valence-electron chi connectivity index (χ0n) is 15.2. The van der Waals surface area contributed by atoms with E-state index < -0.39 is 5.97 Å². The number of Topliss-reactive ketones (excluding diaryl/α,β-unsaturated/α-hetero) is 1. The zero-order valence-corrected chi connectivity index (χ0v) is 15.2. The van der Waals surface area contributed by atoms with E-state index in [4.69, 9.17) is 9.84 Å². The Labute approximate surface area is 158 Å². The molecular weight excluding hydrogens is 346 g/mol. The van der Waals surface area contributed by atoms with Gasteiger partial charge in [0.05, 0.1) is 6.61 Å². The maximum atomic E-state index is 12.1. The molecule has 0 aliphatic heterocycles. The fraction of sp³-hybridized carbons (Fsp3) is 0.286. The summed E-state index contributed by atoms with van der Waals surface area (Å²) in [6.45, 7) is 2.27. The lowest BCUT2D eigenvalue weighted by Gasteiger charge is -2.08. The quantitative estimate of drug-likeness (QED) is 0.490. The molecule has 142 valence electrons. The largest absolute Gasteiger partial charge is 0.494 e. The Morgan fingerprint density at radius 2 is 1.59 bits per heavy atom. The molecule has 27 heavy (non-hydrogen) atoms. The monoisotopic (exact) mass is 369 g/mol. The van der Waals surface area contributed by atoms with Gasteiger partial charge in [-0.3, -0.25) is 14.4 Å². The Bertz CT molecular complexity index is 781. The highest BCUT2D eigenvalue weighted by molar-refractivity contribution is 6.00. The maximum Gasteiger partial charge on any atom is 0.303 e. The lowest BCUT2D eigenvalue weighted by atomic mass is 10.0. The van der Waals surface area contributed by atoms with Crippen molar-refractivity contribution >= 4 is 23.3 Å². The molecule has 1 amide bonds. The van der Waals surface area contributed by atoms with Crippen LogP contribution in [0.25, 0.3) is 0 Å². The molecule has 0 radical (unpaired) electrons. The van der Waals surface area contributed by atoms with Gasteiger partial charge < -0.3 is 15.2 Å². The molecule has 0 atom stereocenters. The molecule has 0 saturated heterocycles. The summed E-state index contributed by atoms with van der Waals surface area (Å²) in [5.74, 6) is -0.536. The molecule has 0 fully saturated rings. The molecule has 6 heteroatoms. The summed E-state index contributed by atoms with van der Waals surface area (Å²) < 4.78 is 5.43. The number of amides is 1. The van der Waals surface area contributed by atoms with Crippen LogP contribution in [0.4, 0.5) is 5.69 Å². The highest BCUT2D eigenvalue weighted by Crippen LogP contribution is 2.16. The summed E-state index contributed by atoms with van der Waals surface area (Å²) in [5.41, 5.74) is 2.30. The summed E-state index contributed by atoms with van der Waals surface area (Å²) in [5, 5.41) is 11.3. The zero-order chi connectivity index (χ0) is 19.6. The third-order valence-corrected chi connectivity index (χ3v) is 3.89. The molecule has 2 rings (SSSR count). The van der Waals surface area contributed by atoms with Gasteiger partial charge in [-0.25, -0.2) is 0 Å². The number of nitrogens with one attached hydrogen (secondary N) is 1. The second-order valence-corrected chi connectivity index (χ2v) is 6.21. The van der Waals surface area contributed by atoms with Crippen molar-refractivity contribution in [1.82, 2.24) is 0 Å². The summed E-state index contributed by atoms with van der Waals surface area (Å²) in [6.07, 6.45) is 0.762. The van der Waals surface area contributed by atoms with Gasteiger partial charge in [-0.05, 0) is 37.6 Å². The molecule has 0 saturated carbocycles. The number of rotatable bonds is 10. The number of carboxylic acids is 1. The SMILES string of the molecule is Cc1ccc(C(=O)CCC(=O)Nc2ccc(OCCCC(=O)O)cc2)cc1. The fourth-order valence-electron chi connectivity index (χ4n) is 2.38. The number of benzene rings is 2. The van der Waals surface area contributed by atoms with Crippen LogP contribution in [0.15, 0.2) is 48.5 Å². The number of ether oxygens (including phenoxy) is 1. The number of carboxylic acid groups (broad SMARTS) is 1. The van der Waals surface area contributed by atoms with E-state index in [2.05, 4.69) is 5.32 Å². The molecule has 0 aliphatic carbocycles. The summed E-state index contributed by atoms with van der Waals surface area (Å²) in [6, 6.07) is 14.1. The average Bonchev–Trinajstić information content (AvgIpc) is 2.65. The molecule has 2 aromatic carbocycles. The minimum Gasteiger partial charge on any atom is -0.494 e. The molecule has 0 spiro atoms. The van der Waals surface area contributed by atoms with Gasteiger partial charge in [0, 0.05) is 30.5 Å². The maximum absolute atomic E-state index is 12.1. The molecule has 0 aliphatic rings. The van der Waals surface area contributed by atoms with Crippen molar-refractivity contribution in [3.05, 3.63) is 59.7 Å². The van der Waals surface area contributed by atoms with Crippen LogP contribution in [-0.4, -0.2) is 29.4 Å². The van der Waals surface area contributed by atoms with Crippen molar-refractivity contribution in [2.75, 3.05) is 11.9 Å². The highest BCUT2D eigenvalue weighted by Gasteiger charge is 2.09. The highest BCUT2D eigenvalue weighted by atomic mass is 16.5. The molecular formula is C21H23NO5. The van der Waals surface area contributed by atoms with Gasteiger partial charge in [0.2, 0.25) is 5.91 Å². The van der Waals surface area contributed by atoms with Crippen molar-refractivity contribution in [2.24, 2.45) is 0 Å². The van der Waals surface area contributed by atoms with E-state index in [1.165, 1.54) is 0 Å². The van der Waals surface area contributed by atoms with Crippen molar-refractivity contribution in [1.29, 1.82) is 0 Å².